The van der Waals surface area contributed by atoms with Crippen LogP contribution in [0.3, 0.4) is 0 Å². The molecule has 7 nitrogen and oxygen atoms in total. The zero-order chi connectivity index (χ0) is 22.3. The second-order valence-corrected chi connectivity index (χ2v) is 8.05. The Hall–Kier alpha value is -1.96. The minimum absolute atomic E-state index is 0.171. The maximum atomic E-state index is 12.5. The van der Waals surface area contributed by atoms with Gasteiger partial charge in [0.05, 0.1) is 18.1 Å². The van der Waals surface area contributed by atoms with Crippen LogP contribution in [0.1, 0.15) is 64.0 Å². The largest absolute Gasteiger partial charge is 0.462 e. The van der Waals surface area contributed by atoms with Crippen molar-refractivity contribution in [1.29, 1.82) is 0 Å². The fourth-order valence-corrected chi connectivity index (χ4v) is 3.66. The van der Waals surface area contributed by atoms with E-state index in [4.69, 9.17) is 9.47 Å². The summed E-state index contributed by atoms with van der Waals surface area (Å²) in [6.07, 6.45) is -0.792. The molecule has 2 rings (SSSR count). The Labute approximate surface area is 178 Å². The lowest BCUT2D eigenvalue weighted by Gasteiger charge is -2.41. The van der Waals surface area contributed by atoms with Gasteiger partial charge >= 0.3 is 5.97 Å². The van der Waals surface area contributed by atoms with Crippen LogP contribution in [0.4, 0.5) is 0 Å². The topological polar surface area (TPSA) is 105 Å². The van der Waals surface area contributed by atoms with Crippen LogP contribution in [0, 0.1) is 0 Å². The van der Waals surface area contributed by atoms with Crippen molar-refractivity contribution in [2.45, 2.75) is 89.8 Å². The van der Waals surface area contributed by atoms with Crippen LogP contribution in [0.2, 0.25) is 0 Å². The molecule has 30 heavy (non-hydrogen) atoms. The fraction of sp³-hybridized carbons (Fsp3) is 0.652. The first kappa shape index (κ1) is 24.3. The highest BCUT2D eigenvalue weighted by Gasteiger charge is 2.43. The van der Waals surface area contributed by atoms with Crippen LogP contribution in [0.5, 0.6) is 0 Å². The summed E-state index contributed by atoms with van der Waals surface area (Å²) in [5, 5.41) is 23.5. The molecule has 1 aliphatic heterocycles. The number of aliphatic hydroxyl groups is 2. The Morgan fingerprint density at radius 1 is 1.13 bits per heavy atom. The van der Waals surface area contributed by atoms with E-state index in [0.717, 1.165) is 18.4 Å². The molecule has 1 saturated heterocycles. The van der Waals surface area contributed by atoms with Crippen LogP contribution < -0.4 is 5.32 Å². The van der Waals surface area contributed by atoms with E-state index in [1.165, 1.54) is 5.56 Å². The molecule has 0 spiro atoms. The highest BCUT2D eigenvalue weighted by atomic mass is 16.6. The van der Waals surface area contributed by atoms with Crippen molar-refractivity contribution < 1.29 is 29.3 Å². The molecule has 1 aliphatic rings. The lowest BCUT2D eigenvalue weighted by molar-refractivity contribution is -0.198. The summed E-state index contributed by atoms with van der Waals surface area (Å²) in [6.45, 7) is 7.31. The van der Waals surface area contributed by atoms with E-state index in [9.17, 15) is 19.8 Å². The molecule has 1 aromatic rings. The van der Waals surface area contributed by atoms with E-state index in [-0.39, 0.29) is 12.5 Å². The molecule has 0 bridgehead atoms. The van der Waals surface area contributed by atoms with E-state index in [2.05, 4.69) is 12.2 Å². The normalized spacial score (nSPS) is 27.3. The van der Waals surface area contributed by atoms with Gasteiger partial charge in [0.25, 0.3) is 0 Å². The molecule has 7 heteroatoms. The lowest BCUT2D eigenvalue weighted by atomic mass is 9.93. The molecule has 168 valence electrons. The van der Waals surface area contributed by atoms with Gasteiger partial charge in [-0.05, 0) is 37.8 Å². The Morgan fingerprint density at radius 2 is 1.80 bits per heavy atom. The molecule has 3 N–H and O–H groups in total. The summed E-state index contributed by atoms with van der Waals surface area (Å²) in [7, 11) is 0. The SMILES string of the molecule is CCCC(=O)N[C@H]1C(C)O[C@H](COC(=O)C(C)c2ccc(CCC)cc2)[C@@H](O)[C@@H]1O. The number of aryl methyl sites for hydroxylation is 1. The summed E-state index contributed by atoms with van der Waals surface area (Å²) in [4.78, 5) is 24.3. The molecule has 1 heterocycles. The van der Waals surface area contributed by atoms with Gasteiger partial charge in [0, 0.05) is 6.42 Å². The number of carbonyl (C=O) groups is 2. The molecule has 0 radical (unpaired) electrons. The van der Waals surface area contributed by atoms with E-state index in [1.54, 1.807) is 13.8 Å². The maximum Gasteiger partial charge on any atom is 0.313 e. The minimum Gasteiger partial charge on any atom is -0.462 e. The van der Waals surface area contributed by atoms with Crippen molar-refractivity contribution in [3.05, 3.63) is 35.4 Å². The quantitative estimate of drug-likeness (QED) is 0.527. The van der Waals surface area contributed by atoms with Crippen molar-refractivity contribution >= 4 is 11.9 Å². The van der Waals surface area contributed by atoms with Gasteiger partial charge in [-0.2, -0.15) is 0 Å². The smallest absolute Gasteiger partial charge is 0.313 e. The van der Waals surface area contributed by atoms with Gasteiger partial charge in [-0.25, -0.2) is 0 Å². The molecule has 0 aromatic heterocycles. The van der Waals surface area contributed by atoms with Gasteiger partial charge in [0.1, 0.15) is 24.9 Å². The summed E-state index contributed by atoms with van der Waals surface area (Å²) >= 11 is 0. The standard InChI is InChI=1S/C23H35NO6/c1-5-7-16-9-11-17(12-10-16)14(3)23(28)29-13-18-21(26)22(27)20(15(4)30-18)24-19(25)8-6-2/h9-12,14-15,18,20-22,26-27H,5-8,13H2,1-4H3,(H,24,25)/t14?,15?,18-,20+,21-,22-/m1/s1. The van der Waals surface area contributed by atoms with Crippen molar-refractivity contribution in [1.82, 2.24) is 5.32 Å². The fourth-order valence-electron chi connectivity index (χ4n) is 3.66. The third-order valence-electron chi connectivity index (χ3n) is 5.56. The third-order valence-corrected chi connectivity index (χ3v) is 5.56. The molecular weight excluding hydrogens is 386 g/mol. The number of nitrogens with one attached hydrogen (secondary N) is 1. The first-order chi connectivity index (χ1) is 14.3. The number of carbonyl (C=O) groups excluding carboxylic acids is 2. The zero-order valence-electron chi connectivity index (χ0n) is 18.3. The van der Waals surface area contributed by atoms with Crippen molar-refractivity contribution in [3.8, 4) is 0 Å². The summed E-state index contributed by atoms with van der Waals surface area (Å²) in [5.41, 5.74) is 2.08. The van der Waals surface area contributed by atoms with Crippen molar-refractivity contribution in [3.63, 3.8) is 0 Å². The lowest BCUT2D eigenvalue weighted by Crippen LogP contribution is -2.63. The summed E-state index contributed by atoms with van der Waals surface area (Å²) in [6, 6.07) is 7.17. The van der Waals surface area contributed by atoms with Gasteiger partial charge in [-0.15, -0.1) is 0 Å². The Bertz CT molecular complexity index is 691. The second-order valence-electron chi connectivity index (χ2n) is 8.05. The third kappa shape index (κ3) is 6.27. The molecule has 0 aliphatic carbocycles. The number of rotatable bonds is 9. The highest BCUT2D eigenvalue weighted by Crippen LogP contribution is 2.23. The Morgan fingerprint density at radius 3 is 2.40 bits per heavy atom. The van der Waals surface area contributed by atoms with E-state index in [1.807, 2.05) is 31.2 Å². The van der Waals surface area contributed by atoms with Crippen LogP contribution in [-0.4, -0.2) is 59.2 Å². The van der Waals surface area contributed by atoms with Crippen LogP contribution >= 0.6 is 0 Å². The van der Waals surface area contributed by atoms with Crippen LogP contribution in [0.25, 0.3) is 0 Å². The Kier molecular flexibility index (Phi) is 9.27. The number of benzene rings is 1. The molecule has 1 aromatic carbocycles. The van der Waals surface area contributed by atoms with Gasteiger partial charge < -0.3 is 25.0 Å². The highest BCUT2D eigenvalue weighted by molar-refractivity contribution is 5.77. The zero-order valence-corrected chi connectivity index (χ0v) is 18.3. The van der Waals surface area contributed by atoms with Gasteiger partial charge in [0.2, 0.25) is 5.91 Å². The van der Waals surface area contributed by atoms with Crippen molar-refractivity contribution in [2.75, 3.05) is 6.61 Å². The van der Waals surface area contributed by atoms with Crippen LogP contribution in [-0.2, 0) is 25.5 Å². The molecule has 1 amide bonds. The van der Waals surface area contributed by atoms with Gasteiger partial charge in [-0.3, -0.25) is 9.59 Å². The number of ether oxygens (including phenoxy) is 2. The number of amides is 1. The monoisotopic (exact) mass is 421 g/mol. The minimum atomic E-state index is -1.27. The van der Waals surface area contributed by atoms with Gasteiger partial charge in [0.15, 0.2) is 0 Å². The summed E-state index contributed by atoms with van der Waals surface area (Å²) in [5.74, 6) is -1.08. The molecule has 6 atom stereocenters. The van der Waals surface area contributed by atoms with Gasteiger partial charge in [-0.1, -0.05) is 44.5 Å². The average Bonchev–Trinajstić information content (AvgIpc) is 2.73. The van der Waals surface area contributed by atoms with Crippen LogP contribution in [0.15, 0.2) is 24.3 Å². The predicted molar refractivity (Wildman–Crippen MR) is 113 cm³/mol. The molecular formula is C23H35NO6. The van der Waals surface area contributed by atoms with E-state index in [0.29, 0.717) is 12.8 Å². The number of esters is 1. The second kappa shape index (κ2) is 11.4. The molecule has 2 unspecified atom stereocenters. The van der Waals surface area contributed by atoms with E-state index < -0.39 is 42.3 Å². The van der Waals surface area contributed by atoms with Crippen molar-refractivity contribution in [2.24, 2.45) is 0 Å². The van der Waals surface area contributed by atoms with E-state index >= 15 is 0 Å². The first-order valence-corrected chi connectivity index (χ1v) is 10.8. The average molecular weight is 422 g/mol. The summed E-state index contributed by atoms with van der Waals surface area (Å²) < 4.78 is 11.1. The molecule has 1 fully saturated rings. The first-order valence-electron chi connectivity index (χ1n) is 10.8. The number of hydrogen-bond acceptors (Lipinski definition) is 6. The molecule has 0 saturated carbocycles. The predicted octanol–water partition coefficient (Wildman–Crippen LogP) is 2.08. The number of aliphatic hydroxyl groups excluding tert-OH is 2. The number of hydrogen-bond donors (Lipinski definition) is 3. The maximum absolute atomic E-state index is 12.5. The Balaban J connectivity index is 1.90.